The van der Waals surface area contributed by atoms with E-state index in [-0.39, 0.29) is 30.9 Å². The first-order valence-corrected chi connectivity index (χ1v) is 12.0. The summed E-state index contributed by atoms with van der Waals surface area (Å²) in [5, 5.41) is 5.21. The summed E-state index contributed by atoms with van der Waals surface area (Å²) < 4.78 is 11.1. The molecule has 0 radical (unpaired) electrons. The maximum Gasteiger partial charge on any atom is 0.414 e. The number of imide groups is 1. The molecule has 0 aromatic heterocycles. The first-order chi connectivity index (χ1) is 16.5. The second kappa shape index (κ2) is 11.7. The molecule has 12 nitrogen and oxygen atoms in total. The van der Waals surface area contributed by atoms with Gasteiger partial charge in [0, 0.05) is 16.4 Å². The fourth-order valence-electron chi connectivity index (χ4n) is 2.73. The van der Waals surface area contributed by atoms with Gasteiger partial charge in [0.15, 0.2) is 0 Å². The Kier molecular flexibility index (Phi) is 9.40. The van der Waals surface area contributed by atoms with Crippen LogP contribution in [0.4, 0.5) is 9.59 Å². The van der Waals surface area contributed by atoms with Crippen molar-refractivity contribution in [2.75, 3.05) is 0 Å². The number of nitrogens with zero attached hydrogens (tertiary/aromatic N) is 2. The van der Waals surface area contributed by atoms with Crippen molar-refractivity contribution in [2.24, 2.45) is 4.99 Å². The monoisotopic (exact) mass is 616 g/mol. The van der Waals surface area contributed by atoms with Crippen molar-refractivity contribution < 1.29 is 38.3 Å². The number of guanidine groups is 1. The summed E-state index contributed by atoms with van der Waals surface area (Å²) in [5.41, 5.74) is -0.975. The molecule has 36 heavy (non-hydrogen) atoms. The maximum atomic E-state index is 12.5. The number of halogens is 1. The molecule has 2 N–H and O–H groups in total. The van der Waals surface area contributed by atoms with Gasteiger partial charge in [0.25, 0.3) is 11.8 Å². The van der Waals surface area contributed by atoms with Gasteiger partial charge in [0.2, 0.25) is 5.96 Å². The standard InChI is InChI=1S/C23H29IN4O8/c1-22(2,3)34-20(32)26-19(27-21(33)35-23(4,5)6)25-12-13-9-14(11-15(24)10-13)18(31)36-28-16(29)7-8-17(28)30/h9-11H,7-8,12H2,1-6H3,(H2,25,26,27,32,33). The molecule has 1 saturated heterocycles. The van der Waals surface area contributed by atoms with Gasteiger partial charge in [-0.05, 0) is 87.9 Å². The predicted molar refractivity (Wildman–Crippen MR) is 136 cm³/mol. The summed E-state index contributed by atoms with van der Waals surface area (Å²) >= 11 is 1.98. The second-order valence-corrected chi connectivity index (χ2v) is 11.0. The van der Waals surface area contributed by atoms with Crippen LogP contribution in [0.1, 0.15) is 70.3 Å². The van der Waals surface area contributed by atoms with E-state index < -0.39 is 41.2 Å². The molecule has 13 heteroatoms. The lowest BCUT2D eigenvalue weighted by molar-refractivity contribution is -0.172. The quantitative estimate of drug-likeness (QED) is 0.226. The van der Waals surface area contributed by atoms with Gasteiger partial charge in [-0.1, -0.05) is 0 Å². The van der Waals surface area contributed by atoms with Crippen LogP contribution < -0.4 is 10.6 Å². The summed E-state index contributed by atoms with van der Waals surface area (Å²) in [6, 6.07) is 4.68. The minimum atomic E-state index is -0.888. The number of hydrogen-bond acceptors (Lipinski definition) is 9. The number of benzene rings is 1. The van der Waals surface area contributed by atoms with E-state index >= 15 is 0 Å². The van der Waals surface area contributed by atoms with E-state index in [0.717, 1.165) is 0 Å². The van der Waals surface area contributed by atoms with E-state index in [1.165, 1.54) is 12.1 Å². The average molecular weight is 616 g/mol. The lowest BCUT2D eigenvalue weighted by Crippen LogP contribution is -2.47. The van der Waals surface area contributed by atoms with E-state index in [4.69, 9.17) is 14.3 Å². The van der Waals surface area contributed by atoms with Crippen molar-refractivity contribution in [1.82, 2.24) is 15.7 Å². The molecule has 0 bridgehead atoms. The molecule has 0 spiro atoms. The lowest BCUT2D eigenvalue weighted by atomic mass is 10.1. The van der Waals surface area contributed by atoms with E-state index in [0.29, 0.717) is 14.2 Å². The molecule has 0 aliphatic carbocycles. The summed E-state index contributed by atoms with van der Waals surface area (Å²) in [6.45, 7) is 10.0. The van der Waals surface area contributed by atoms with Crippen LogP contribution >= 0.6 is 22.6 Å². The van der Waals surface area contributed by atoms with Crippen LogP contribution in [0, 0.1) is 3.57 Å². The second-order valence-electron chi connectivity index (χ2n) is 9.73. The van der Waals surface area contributed by atoms with Crippen molar-refractivity contribution in [3.05, 3.63) is 32.9 Å². The van der Waals surface area contributed by atoms with Crippen LogP contribution in [0.15, 0.2) is 23.2 Å². The summed E-state index contributed by atoms with van der Waals surface area (Å²) in [7, 11) is 0. The van der Waals surface area contributed by atoms with Crippen LogP contribution in [0.5, 0.6) is 0 Å². The minimum Gasteiger partial charge on any atom is -0.444 e. The highest BCUT2D eigenvalue weighted by atomic mass is 127. The number of carbonyl (C=O) groups excluding carboxylic acids is 5. The van der Waals surface area contributed by atoms with Crippen LogP contribution in [0.2, 0.25) is 0 Å². The molecule has 196 valence electrons. The summed E-state index contributed by atoms with van der Waals surface area (Å²) in [5.74, 6) is -2.29. The van der Waals surface area contributed by atoms with Gasteiger partial charge in [0.05, 0.1) is 12.1 Å². The SMILES string of the molecule is CC(C)(C)OC(=O)NC(=NCc1cc(I)cc(C(=O)ON2C(=O)CCC2=O)c1)NC(=O)OC(C)(C)C. The third-order valence-corrected chi connectivity index (χ3v) is 4.65. The van der Waals surface area contributed by atoms with E-state index in [1.807, 2.05) is 22.6 Å². The zero-order valence-corrected chi connectivity index (χ0v) is 23.0. The summed E-state index contributed by atoms with van der Waals surface area (Å²) in [4.78, 5) is 69.7. The Bertz CT molecular complexity index is 1040. The molecule has 0 atom stereocenters. The van der Waals surface area contributed by atoms with Crippen molar-refractivity contribution in [1.29, 1.82) is 0 Å². The minimum absolute atomic E-state index is 0.0174. The van der Waals surface area contributed by atoms with Gasteiger partial charge in [0.1, 0.15) is 11.2 Å². The van der Waals surface area contributed by atoms with E-state index in [1.54, 1.807) is 47.6 Å². The Hall–Kier alpha value is -3.23. The number of rotatable bonds is 4. The Balaban J connectivity index is 2.22. The van der Waals surface area contributed by atoms with Gasteiger partial charge in [-0.3, -0.25) is 20.2 Å². The first-order valence-electron chi connectivity index (χ1n) is 10.9. The fourth-order valence-corrected chi connectivity index (χ4v) is 3.47. The smallest absolute Gasteiger partial charge is 0.414 e. The Morgan fingerprint density at radius 1 is 0.917 bits per heavy atom. The average Bonchev–Trinajstić information content (AvgIpc) is 3.00. The van der Waals surface area contributed by atoms with Gasteiger partial charge >= 0.3 is 18.2 Å². The van der Waals surface area contributed by atoms with Crippen molar-refractivity contribution in [2.45, 2.75) is 72.1 Å². The highest BCUT2D eigenvalue weighted by molar-refractivity contribution is 14.1. The molecule has 0 saturated carbocycles. The molecule has 1 fully saturated rings. The number of aliphatic imine (C=N–C) groups is 1. The molecule has 1 aliphatic rings. The Morgan fingerprint density at radius 3 is 1.89 bits per heavy atom. The summed E-state index contributed by atoms with van der Waals surface area (Å²) in [6.07, 6.45) is -1.72. The molecular formula is C23H29IN4O8. The predicted octanol–water partition coefficient (Wildman–Crippen LogP) is 3.42. The van der Waals surface area contributed by atoms with Crippen LogP contribution in [-0.2, 0) is 30.4 Å². The molecule has 1 aromatic carbocycles. The van der Waals surface area contributed by atoms with Crippen molar-refractivity contribution in [3.8, 4) is 0 Å². The third kappa shape index (κ3) is 9.79. The van der Waals surface area contributed by atoms with Crippen molar-refractivity contribution >= 4 is 58.5 Å². The van der Waals surface area contributed by atoms with E-state index in [2.05, 4.69) is 15.6 Å². The highest BCUT2D eigenvalue weighted by Crippen LogP contribution is 2.18. The molecule has 4 amide bonds. The fraction of sp³-hybridized carbons (Fsp3) is 0.478. The number of hydrogen-bond donors (Lipinski definition) is 2. The number of ether oxygens (including phenoxy) is 2. The number of amides is 4. The van der Waals surface area contributed by atoms with Gasteiger partial charge in [-0.2, -0.15) is 0 Å². The number of hydroxylamine groups is 2. The van der Waals surface area contributed by atoms with Crippen LogP contribution in [0.3, 0.4) is 0 Å². The number of alkyl carbamates (subject to hydrolysis) is 2. The molecule has 1 aromatic rings. The molecule has 1 heterocycles. The number of carbonyl (C=O) groups is 5. The maximum absolute atomic E-state index is 12.5. The number of nitrogens with one attached hydrogen (secondary N) is 2. The largest absolute Gasteiger partial charge is 0.444 e. The van der Waals surface area contributed by atoms with Crippen LogP contribution in [-0.4, -0.2) is 52.2 Å². The Morgan fingerprint density at radius 2 is 1.42 bits per heavy atom. The molecule has 0 unspecified atom stereocenters. The van der Waals surface area contributed by atoms with E-state index in [9.17, 15) is 24.0 Å². The third-order valence-electron chi connectivity index (χ3n) is 4.03. The highest BCUT2D eigenvalue weighted by Gasteiger charge is 2.33. The van der Waals surface area contributed by atoms with Gasteiger partial charge in [-0.15, -0.1) is 5.06 Å². The normalized spacial score (nSPS) is 13.7. The van der Waals surface area contributed by atoms with Gasteiger partial charge in [-0.25, -0.2) is 19.4 Å². The zero-order chi connectivity index (χ0) is 27.3. The Labute approximate surface area is 222 Å². The topological polar surface area (TPSA) is 153 Å². The van der Waals surface area contributed by atoms with Crippen LogP contribution in [0.25, 0.3) is 0 Å². The first kappa shape index (κ1) is 29.0. The molecular weight excluding hydrogens is 587 g/mol. The zero-order valence-electron chi connectivity index (χ0n) is 20.9. The lowest BCUT2D eigenvalue weighted by Gasteiger charge is -2.22. The van der Waals surface area contributed by atoms with Crippen molar-refractivity contribution in [3.63, 3.8) is 0 Å². The molecule has 1 aliphatic heterocycles. The van der Waals surface area contributed by atoms with Gasteiger partial charge < -0.3 is 14.3 Å². The molecule has 2 rings (SSSR count).